The Hall–Kier alpha value is -1.89. The molecule has 120 valence electrons. The molecule has 22 heavy (non-hydrogen) atoms. The molecule has 0 saturated heterocycles. The van der Waals surface area contributed by atoms with Crippen LogP contribution in [0.5, 0.6) is 0 Å². The van der Waals surface area contributed by atoms with Crippen LogP contribution in [0.4, 0.5) is 26.3 Å². The topological polar surface area (TPSA) is 50.1 Å². The van der Waals surface area contributed by atoms with Crippen LogP contribution in [0.2, 0.25) is 0 Å². The van der Waals surface area contributed by atoms with Crippen molar-refractivity contribution < 1.29 is 35.9 Å². The van der Waals surface area contributed by atoms with Crippen molar-refractivity contribution in [3.8, 4) is 6.07 Å². The molecule has 1 rings (SSSR count). The van der Waals surface area contributed by atoms with Crippen LogP contribution in [0.25, 0.3) is 0 Å². The zero-order valence-corrected chi connectivity index (χ0v) is 11.6. The largest absolute Gasteiger partial charge is 0.462 e. The van der Waals surface area contributed by atoms with Crippen LogP contribution in [0.15, 0.2) is 17.0 Å². The van der Waals surface area contributed by atoms with E-state index in [1.807, 2.05) is 0 Å². The van der Waals surface area contributed by atoms with E-state index in [0.29, 0.717) is 12.1 Å². The molecule has 10 heteroatoms. The number of alkyl halides is 6. The highest BCUT2D eigenvalue weighted by Gasteiger charge is 2.40. The molecule has 0 aliphatic rings. The minimum atomic E-state index is -5.09. The lowest BCUT2D eigenvalue weighted by Crippen LogP contribution is -2.17. The van der Waals surface area contributed by atoms with Gasteiger partial charge < -0.3 is 4.74 Å². The molecule has 0 N–H and O–H groups in total. The van der Waals surface area contributed by atoms with Gasteiger partial charge in [-0.2, -0.15) is 31.6 Å². The maximum absolute atomic E-state index is 13.0. The van der Waals surface area contributed by atoms with E-state index >= 15 is 0 Å². The third-order valence-corrected chi connectivity index (χ3v) is 2.95. The number of carbonyl (C=O) groups excluding carboxylic acids is 1. The fraction of sp³-hybridized carbons (Fsp3) is 0.333. The Bertz CT molecular complexity index is 618. The summed E-state index contributed by atoms with van der Waals surface area (Å²) in [6.45, 7) is 1.05. The van der Waals surface area contributed by atoms with Crippen LogP contribution in [0, 0.1) is 11.3 Å². The molecular weight excluding hydrogens is 336 g/mol. The van der Waals surface area contributed by atoms with Gasteiger partial charge in [-0.05, 0) is 30.8 Å². The van der Waals surface area contributed by atoms with Crippen LogP contribution < -0.4 is 0 Å². The first kappa shape index (κ1) is 18.2. The van der Waals surface area contributed by atoms with Crippen molar-refractivity contribution in [2.45, 2.75) is 23.5 Å². The number of esters is 1. The fourth-order valence-corrected chi connectivity index (χ4v) is 2.19. The Morgan fingerprint density at radius 2 is 1.86 bits per heavy atom. The molecule has 1 aromatic rings. The van der Waals surface area contributed by atoms with Gasteiger partial charge in [-0.15, -0.1) is 0 Å². The molecule has 0 unspecified atom stereocenters. The molecule has 0 radical (unpaired) electrons. The van der Waals surface area contributed by atoms with Gasteiger partial charge in [0.05, 0.1) is 29.4 Å². The highest BCUT2D eigenvalue weighted by Crippen LogP contribution is 2.41. The van der Waals surface area contributed by atoms with Crippen molar-refractivity contribution >= 4 is 17.7 Å². The van der Waals surface area contributed by atoms with Crippen LogP contribution in [-0.4, -0.2) is 18.1 Å². The molecule has 0 amide bonds. The van der Waals surface area contributed by atoms with Crippen molar-refractivity contribution in [3.05, 3.63) is 28.8 Å². The Kier molecular flexibility index (Phi) is 5.35. The summed E-state index contributed by atoms with van der Waals surface area (Å²) in [5, 5.41) is 8.75. The predicted molar refractivity (Wildman–Crippen MR) is 64.0 cm³/mol. The summed E-state index contributed by atoms with van der Waals surface area (Å²) in [5.41, 5.74) is -8.59. The molecule has 0 saturated carbocycles. The Balaban J connectivity index is 3.56. The van der Waals surface area contributed by atoms with Gasteiger partial charge >= 0.3 is 17.7 Å². The third-order valence-electron chi connectivity index (χ3n) is 2.24. The highest BCUT2D eigenvalue weighted by atomic mass is 32.2. The molecular formula is C12H7F6NO2S. The molecule has 1 aromatic carbocycles. The van der Waals surface area contributed by atoms with Crippen LogP contribution in [0.1, 0.15) is 28.4 Å². The number of benzene rings is 1. The van der Waals surface area contributed by atoms with Gasteiger partial charge in [-0.1, -0.05) is 0 Å². The number of halogens is 6. The third kappa shape index (κ3) is 4.56. The van der Waals surface area contributed by atoms with Crippen molar-refractivity contribution in [3.63, 3.8) is 0 Å². The highest BCUT2D eigenvalue weighted by molar-refractivity contribution is 8.00. The monoisotopic (exact) mass is 343 g/mol. The van der Waals surface area contributed by atoms with E-state index in [0.717, 1.165) is 6.07 Å². The van der Waals surface area contributed by atoms with E-state index in [1.165, 1.54) is 6.92 Å². The van der Waals surface area contributed by atoms with E-state index in [1.54, 1.807) is 0 Å². The molecule has 0 aromatic heterocycles. The molecule has 3 nitrogen and oxygen atoms in total. The summed E-state index contributed by atoms with van der Waals surface area (Å²) >= 11 is -0.727. The van der Waals surface area contributed by atoms with Gasteiger partial charge in [0.1, 0.15) is 0 Å². The Labute approximate surface area is 124 Å². The van der Waals surface area contributed by atoms with Gasteiger partial charge in [0.15, 0.2) is 0 Å². The lowest BCUT2D eigenvalue weighted by atomic mass is 10.0. The molecule has 0 aliphatic heterocycles. The summed E-state index contributed by atoms with van der Waals surface area (Å²) in [6, 6.07) is 2.01. The van der Waals surface area contributed by atoms with Crippen molar-refractivity contribution in [2.75, 3.05) is 6.61 Å². The minimum absolute atomic E-state index is 0.269. The average Bonchev–Trinajstić information content (AvgIpc) is 2.34. The number of hydrogen-bond acceptors (Lipinski definition) is 4. The standard InChI is InChI=1S/C12H7F6NO2S/c1-2-21-10(20)8-4-7(22-12(16,17)18)3-6(5-19)9(8)11(13,14)15/h3-4H,2H2,1H3. The van der Waals surface area contributed by atoms with Gasteiger partial charge in [0.25, 0.3) is 0 Å². The second-order valence-corrected chi connectivity index (χ2v) is 4.91. The molecule has 0 heterocycles. The first-order valence-corrected chi connectivity index (χ1v) is 6.39. The first-order chi connectivity index (χ1) is 9.99. The minimum Gasteiger partial charge on any atom is -0.462 e. The summed E-state index contributed by atoms with van der Waals surface area (Å²) in [6.07, 6.45) is -5.09. The van der Waals surface area contributed by atoms with Gasteiger partial charge in [0, 0.05) is 4.90 Å². The first-order valence-electron chi connectivity index (χ1n) is 5.57. The van der Waals surface area contributed by atoms with Gasteiger partial charge in [-0.3, -0.25) is 0 Å². The van der Waals surface area contributed by atoms with E-state index in [-0.39, 0.29) is 6.61 Å². The molecule has 0 atom stereocenters. The number of hydrogen-bond donors (Lipinski definition) is 0. The van der Waals surface area contributed by atoms with Crippen LogP contribution in [-0.2, 0) is 10.9 Å². The second kappa shape index (κ2) is 6.48. The quantitative estimate of drug-likeness (QED) is 0.465. The number of carbonyl (C=O) groups is 1. The summed E-state index contributed by atoms with van der Waals surface area (Å²) < 4.78 is 80.3. The molecule has 0 aliphatic carbocycles. The average molecular weight is 343 g/mol. The number of thioether (sulfide) groups is 1. The number of nitrogens with zero attached hydrogens (tertiary/aromatic N) is 1. The maximum atomic E-state index is 13.0. The van der Waals surface area contributed by atoms with Crippen LogP contribution in [0.3, 0.4) is 0 Å². The number of ether oxygens (including phenoxy) is 1. The zero-order chi connectivity index (χ0) is 17.1. The lowest BCUT2D eigenvalue weighted by molar-refractivity contribution is -0.138. The van der Waals surface area contributed by atoms with E-state index in [4.69, 9.17) is 5.26 Å². The number of rotatable bonds is 3. The molecule has 0 bridgehead atoms. The summed E-state index contributed by atoms with van der Waals surface area (Å²) in [7, 11) is 0. The predicted octanol–water partition coefficient (Wildman–Crippen LogP) is 4.37. The maximum Gasteiger partial charge on any atom is 0.446 e. The fourth-order valence-electron chi connectivity index (χ4n) is 1.57. The van der Waals surface area contributed by atoms with Crippen molar-refractivity contribution in [2.24, 2.45) is 0 Å². The van der Waals surface area contributed by atoms with Crippen molar-refractivity contribution in [1.29, 1.82) is 5.26 Å². The lowest BCUT2D eigenvalue weighted by Gasteiger charge is -2.15. The Morgan fingerprint density at radius 1 is 1.27 bits per heavy atom. The van der Waals surface area contributed by atoms with E-state index in [9.17, 15) is 31.1 Å². The van der Waals surface area contributed by atoms with Crippen LogP contribution >= 0.6 is 11.8 Å². The smallest absolute Gasteiger partial charge is 0.446 e. The van der Waals surface area contributed by atoms with Gasteiger partial charge in [0.2, 0.25) is 0 Å². The zero-order valence-electron chi connectivity index (χ0n) is 10.8. The van der Waals surface area contributed by atoms with Gasteiger partial charge in [-0.25, -0.2) is 4.79 Å². The molecule has 0 fully saturated rings. The number of nitriles is 1. The normalized spacial score (nSPS) is 11.9. The molecule has 0 spiro atoms. The van der Waals surface area contributed by atoms with E-state index in [2.05, 4.69) is 4.74 Å². The second-order valence-electron chi connectivity index (χ2n) is 3.77. The van der Waals surface area contributed by atoms with E-state index < -0.39 is 51.0 Å². The summed E-state index contributed by atoms with van der Waals surface area (Å²) in [4.78, 5) is 10.9. The SMILES string of the molecule is CCOC(=O)c1cc(SC(F)(F)F)cc(C#N)c1C(F)(F)F. The Morgan fingerprint density at radius 3 is 2.27 bits per heavy atom. The van der Waals surface area contributed by atoms with Crippen molar-refractivity contribution in [1.82, 2.24) is 0 Å². The summed E-state index contributed by atoms with van der Waals surface area (Å²) in [5.74, 6) is -1.45.